The van der Waals surface area contributed by atoms with E-state index in [1.807, 2.05) is 67.8 Å². The summed E-state index contributed by atoms with van der Waals surface area (Å²) in [5.74, 6) is 1.22. The smallest absolute Gasteiger partial charge is 0.277 e. The van der Waals surface area contributed by atoms with E-state index in [0.29, 0.717) is 63.9 Å². The van der Waals surface area contributed by atoms with E-state index in [4.69, 9.17) is 42.8 Å². The third-order valence-electron chi connectivity index (χ3n) is 10.6. The minimum atomic E-state index is -0.126. The first-order chi connectivity index (χ1) is 24.6. The van der Waals surface area contributed by atoms with E-state index in [2.05, 4.69) is 15.5 Å². The Balaban J connectivity index is 1.06. The number of ether oxygens (including phenoxy) is 2. The molecule has 1 spiro atoms. The van der Waals surface area contributed by atoms with Crippen LogP contribution < -0.4 is 20.9 Å². The number of aromatic nitrogens is 4. The largest absolute Gasteiger partial charge is 0.481 e. The lowest BCUT2D eigenvalue weighted by Crippen LogP contribution is -2.58. The number of halogens is 2. The SMILES string of the molecule is COc1nc(-c2cccc(-c3cccc(-c4cc5c(=O)n(C)c(CNC6CC7(COC7)C6)nn5c4)c3Cl)c2Cl)ccc1CN(C)[C@H]1CCC(=O)N1. The van der Waals surface area contributed by atoms with Crippen LogP contribution in [0, 0.1) is 5.41 Å². The van der Waals surface area contributed by atoms with Crippen molar-refractivity contribution in [2.45, 2.75) is 51.0 Å². The van der Waals surface area contributed by atoms with E-state index in [9.17, 15) is 9.59 Å². The van der Waals surface area contributed by atoms with Crippen molar-refractivity contribution in [3.05, 3.63) is 92.6 Å². The predicted molar refractivity (Wildman–Crippen MR) is 197 cm³/mol. The fourth-order valence-electron chi connectivity index (χ4n) is 7.59. The number of pyridine rings is 1. The van der Waals surface area contributed by atoms with Crippen molar-refractivity contribution in [1.82, 2.24) is 34.7 Å². The first-order valence-corrected chi connectivity index (χ1v) is 17.9. The molecule has 51 heavy (non-hydrogen) atoms. The normalized spacial score (nSPS) is 18.3. The lowest BCUT2D eigenvalue weighted by Gasteiger charge is -2.53. The van der Waals surface area contributed by atoms with Crippen LogP contribution in [0.4, 0.5) is 0 Å². The second-order valence-corrected chi connectivity index (χ2v) is 14.8. The molecule has 2 N–H and O–H groups in total. The van der Waals surface area contributed by atoms with Crippen molar-refractivity contribution in [3.63, 3.8) is 0 Å². The van der Waals surface area contributed by atoms with Gasteiger partial charge in [-0.2, -0.15) is 5.10 Å². The monoisotopic (exact) mass is 727 g/mol. The molecule has 0 unspecified atom stereocenters. The van der Waals surface area contributed by atoms with Gasteiger partial charge in [-0.25, -0.2) is 9.50 Å². The summed E-state index contributed by atoms with van der Waals surface area (Å²) in [6.07, 6.45) is 5.31. The number of hydrogen-bond donors (Lipinski definition) is 2. The molecule has 5 heterocycles. The highest BCUT2D eigenvalue weighted by Crippen LogP contribution is 2.47. The third-order valence-corrected chi connectivity index (χ3v) is 11.4. The van der Waals surface area contributed by atoms with Crippen LogP contribution in [0.1, 0.15) is 37.1 Å². The molecule has 0 radical (unpaired) electrons. The molecule has 2 aliphatic heterocycles. The molecule has 1 saturated carbocycles. The summed E-state index contributed by atoms with van der Waals surface area (Å²) in [4.78, 5) is 32.1. The summed E-state index contributed by atoms with van der Waals surface area (Å²) in [5.41, 5.74) is 6.03. The van der Waals surface area contributed by atoms with Gasteiger partial charge >= 0.3 is 0 Å². The molecule has 3 aliphatic rings. The quantitative estimate of drug-likeness (QED) is 0.189. The topological polar surface area (TPSA) is 115 Å². The average Bonchev–Trinajstić information content (AvgIpc) is 3.72. The first-order valence-electron chi connectivity index (χ1n) is 17.1. The van der Waals surface area contributed by atoms with Crippen LogP contribution in [0.25, 0.3) is 39.0 Å². The van der Waals surface area contributed by atoms with Crippen molar-refractivity contribution in [2.75, 3.05) is 27.4 Å². The average molecular weight is 729 g/mol. The number of carbonyl (C=O) groups excluding carboxylic acids is 1. The van der Waals surface area contributed by atoms with Gasteiger partial charge in [-0.15, -0.1) is 0 Å². The summed E-state index contributed by atoms with van der Waals surface area (Å²) in [6.45, 7) is 2.77. The van der Waals surface area contributed by atoms with E-state index in [-0.39, 0.29) is 17.6 Å². The molecule has 11 nitrogen and oxygen atoms in total. The number of nitrogens with zero attached hydrogens (tertiary/aromatic N) is 5. The summed E-state index contributed by atoms with van der Waals surface area (Å²) >= 11 is 14.3. The number of carbonyl (C=O) groups is 1. The molecule has 13 heteroatoms. The van der Waals surface area contributed by atoms with E-state index in [1.165, 1.54) is 0 Å². The number of rotatable bonds is 10. The number of amides is 1. The second kappa shape index (κ2) is 13.4. The zero-order chi connectivity index (χ0) is 35.4. The number of methoxy groups -OCH3 is 1. The van der Waals surface area contributed by atoms with Crippen LogP contribution in [0.5, 0.6) is 5.88 Å². The van der Waals surface area contributed by atoms with Crippen LogP contribution in [0.2, 0.25) is 10.0 Å². The molecular weight excluding hydrogens is 689 g/mol. The van der Waals surface area contributed by atoms with Gasteiger partial charge in [-0.05, 0) is 38.4 Å². The number of benzene rings is 2. The van der Waals surface area contributed by atoms with Crippen LogP contribution in [0.15, 0.2) is 65.6 Å². The zero-order valence-corrected chi connectivity index (χ0v) is 30.2. The molecular formula is C38H39Cl2N7O4. The summed E-state index contributed by atoms with van der Waals surface area (Å²) in [6, 6.07) is 17.7. The molecule has 0 bridgehead atoms. The molecule has 3 aromatic heterocycles. The molecule has 264 valence electrons. The van der Waals surface area contributed by atoms with Crippen molar-refractivity contribution in [1.29, 1.82) is 0 Å². The Morgan fingerprint density at radius 1 is 1.04 bits per heavy atom. The van der Waals surface area contributed by atoms with Gasteiger partial charge in [0.2, 0.25) is 11.8 Å². The second-order valence-electron chi connectivity index (χ2n) is 14.1. The molecule has 1 atom stereocenters. The molecule has 2 saturated heterocycles. The van der Waals surface area contributed by atoms with Crippen molar-refractivity contribution >= 4 is 34.6 Å². The number of fused-ring (bicyclic) bond motifs is 1. The predicted octanol–water partition coefficient (Wildman–Crippen LogP) is 5.68. The minimum absolute atomic E-state index is 0.0203. The molecule has 1 aliphatic carbocycles. The summed E-state index contributed by atoms with van der Waals surface area (Å²) in [7, 11) is 5.33. The van der Waals surface area contributed by atoms with Gasteiger partial charge in [-0.1, -0.05) is 65.7 Å². The Kier molecular flexibility index (Phi) is 8.88. The van der Waals surface area contributed by atoms with Gasteiger partial charge in [0.05, 0.1) is 48.8 Å². The van der Waals surface area contributed by atoms with Gasteiger partial charge in [0.15, 0.2) is 0 Å². The Labute approximate surface area is 305 Å². The van der Waals surface area contributed by atoms with E-state index in [1.54, 1.807) is 23.2 Å². The molecule has 8 rings (SSSR count). The molecule has 3 fully saturated rings. The van der Waals surface area contributed by atoms with Gasteiger partial charge in [-0.3, -0.25) is 19.1 Å². The maximum atomic E-state index is 13.4. The van der Waals surface area contributed by atoms with Crippen molar-refractivity contribution in [3.8, 4) is 39.4 Å². The lowest BCUT2D eigenvalue weighted by molar-refractivity contribution is -0.167. The highest BCUT2D eigenvalue weighted by molar-refractivity contribution is 6.39. The summed E-state index contributed by atoms with van der Waals surface area (Å²) < 4.78 is 14.4. The maximum Gasteiger partial charge on any atom is 0.277 e. The van der Waals surface area contributed by atoms with Gasteiger partial charge < -0.3 is 20.1 Å². The maximum absolute atomic E-state index is 13.4. The zero-order valence-electron chi connectivity index (χ0n) is 28.7. The van der Waals surface area contributed by atoms with Gasteiger partial charge in [0, 0.05) is 71.0 Å². The number of nitrogens with one attached hydrogen (secondary N) is 2. The standard InChI is InChI=1S/C38H39Cl2N7O4/c1-45(31-12-13-33(48)43-31)18-22-10-11-29(42-36(22)50-3)28-9-5-8-27(35(28)40)26-7-4-6-25(34(26)39)23-14-30-37(49)46(2)32(44-47(30)19-23)17-41-24-15-38(16-24)20-51-21-38/h4-11,14,19,24,31,41H,12-13,15-18,20-21H2,1-3H3,(H,43,48)/t31-/m0/s1. The number of hydrogen-bond acceptors (Lipinski definition) is 8. The fraction of sp³-hybridized carbons (Fsp3) is 0.368. The molecule has 1 amide bonds. The molecule has 5 aromatic rings. The van der Waals surface area contributed by atoms with Crippen LogP contribution in [0.3, 0.4) is 0 Å². The molecule has 2 aromatic carbocycles. The van der Waals surface area contributed by atoms with Crippen LogP contribution >= 0.6 is 23.2 Å². The Morgan fingerprint density at radius 3 is 2.41 bits per heavy atom. The van der Waals surface area contributed by atoms with E-state index in [0.717, 1.165) is 65.9 Å². The van der Waals surface area contributed by atoms with Gasteiger partial charge in [0.25, 0.3) is 5.56 Å². The highest BCUT2D eigenvalue weighted by atomic mass is 35.5. The van der Waals surface area contributed by atoms with Crippen LogP contribution in [-0.2, 0) is 29.7 Å². The lowest BCUT2D eigenvalue weighted by atomic mass is 9.64. The van der Waals surface area contributed by atoms with E-state index < -0.39 is 0 Å². The third kappa shape index (κ3) is 6.21. The Morgan fingerprint density at radius 2 is 1.75 bits per heavy atom. The van der Waals surface area contributed by atoms with Crippen molar-refractivity contribution < 1.29 is 14.3 Å². The minimum Gasteiger partial charge on any atom is -0.481 e. The van der Waals surface area contributed by atoms with Gasteiger partial charge in [0.1, 0.15) is 11.3 Å². The first kappa shape index (κ1) is 33.9. The fourth-order valence-corrected chi connectivity index (χ4v) is 8.25. The Hall–Kier alpha value is -4.26. The van der Waals surface area contributed by atoms with Crippen molar-refractivity contribution in [2.24, 2.45) is 12.5 Å². The highest BCUT2D eigenvalue weighted by Gasteiger charge is 2.49. The van der Waals surface area contributed by atoms with E-state index >= 15 is 0 Å². The van der Waals surface area contributed by atoms with Crippen LogP contribution in [-0.4, -0.2) is 69.6 Å². The summed E-state index contributed by atoms with van der Waals surface area (Å²) in [5, 5.41) is 12.4. The Bertz CT molecular complexity index is 2220.